The molecule has 0 bridgehead atoms. The summed E-state index contributed by atoms with van der Waals surface area (Å²) in [6.07, 6.45) is 7.38. The van der Waals surface area contributed by atoms with Crippen LogP contribution >= 0.6 is 15.9 Å². The quantitative estimate of drug-likeness (QED) is 0.773. The third kappa shape index (κ3) is 6.72. The van der Waals surface area contributed by atoms with Gasteiger partial charge in [-0.1, -0.05) is 0 Å². The van der Waals surface area contributed by atoms with Gasteiger partial charge in [0.05, 0.1) is 18.1 Å². The minimum absolute atomic E-state index is 0.220. The summed E-state index contributed by atoms with van der Waals surface area (Å²) in [7, 11) is 0. The van der Waals surface area contributed by atoms with Gasteiger partial charge in [-0.3, -0.25) is 0 Å². The van der Waals surface area contributed by atoms with Crippen molar-refractivity contribution >= 4 is 27.7 Å². The van der Waals surface area contributed by atoms with Crippen LogP contribution in [0.1, 0.15) is 46.5 Å². The van der Waals surface area contributed by atoms with Crippen molar-refractivity contribution in [2.24, 2.45) is 5.92 Å². The Balaban J connectivity index is 1.67. The highest BCUT2D eigenvalue weighted by molar-refractivity contribution is 9.10. The number of nitrogens with zero attached hydrogens (tertiary/aromatic N) is 2. The number of rotatable bonds is 4. The van der Waals surface area contributed by atoms with E-state index in [-0.39, 0.29) is 12.1 Å². The van der Waals surface area contributed by atoms with Crippen molar-refractivity contribution in [1.29, 1.82) is 0 Å². The van der Waals surface area contributed by atoms with E-state index in [0.29, 0.717) is 10.7 Å². The van der Waals surface area contributed by atoms with E-state index < -0.39 is 5.60 Å². The van der Waals surface area contributed by atoms with E-state index in [0.717, 1.165) is 37.9 Å². The topological polar surface area (TPSA) is 76.1 Å². The second-order valence-corrected chi connectivity index (χ2v) is 7.69. The van der Waals surface area contributed by atoms with Gasteiger partial charge in [0.25, 0.3) is 0 Å². The fourth-order valence-electron chi connectivity index (χ4n) is 2.65. The third-order valence-corrected chi connectivity index (χ3v) is 4.19. The van der Waals surface area contributed by atoms with Gasteiger partial charge in [0, 0.05) is 12.6 Å². The van der Waals surface area contributed by atoms with Crippen LogP contribution in [0.15, 0.2) is 17.1 Å². The smallest absolute Gasteiger partial charge is 0.407 e. The van der Waals surface area contributed by atoms with Crippen molar-refractivity contribution in [3.63, 3.8) is 0 Å². The van der Waals surface area contributed by atoms with Crippen LogP contribution in [0.4, 0.5) is 10.5 Å². The maximum absolute atomic E-state index is 11.8. The highest BCUT2D eigenvalue weighted by atomic mass is 79.9. The molecule has 2 N–H and O–H groups in total. The zero-order valence-electron chi connectivity index (χ0n) is 13.9. The molecule has 1 heterocycles. The van der Waals surface area contributed by atoms with E-state index >= 15 is 0 Å². The summed E-state index contributed by atoms with van der Waals surface area (Å²) in [6, 6.07) is 0.220. The van der Waals surface area contributed by atoms with Crippen LogP contribution in [-0.2, 0) is 4.74 Å². The molecule has 1 amide bonds. The fourth-order valence-corrected chi connectivity index (χ4v) is 2.86. The number of ether oxygens (including phenoxy) is 1. The van der Waals surface area contributed by atoms with Crippen LogP contribution < -0.4 is 10.6 Å². The Morgan fingerprint density at radius 2 is 1.87 bits per heavy atom. The van der Waals surface area contributed by atoms with Gasteiger partial charge in [-0.05, 0) is 68.3 Å². The first-order chi connectivity index (χ1) is 10.8. The third-order valence-electron chi connectivity index (χ3n) is 3.78. The number of aromatic nitrogens is 2. The summed E-state index contributed by atoms with van der Waals surface area (Å²) < 4.78 is 5.90. The molecule has 0 aromatic carbocycles. The van der Waals surface area contributed by atoms with Crippen molar-refractivity contribution < 1.29 is 9.53 Å². The van der Waals surface area contributed by atoms with Crippen LogP contribution in [0.25, 0.3) is 0 Å². The summed E-state index contributed by atoms with van der Waals surface area (Å²) >= 11 is 3.22. The number of carbonyl (C=O) groups is 1. The number of nitrogens with one attached hydrogen (secondary N) is 2. The first-order valence-electron chi connectivity index (χ1n) is 8.03. The molecule has 0 aliphatic heterocycles. The van der Waals surface area contributed by atoms with Crippen molar-refractivity contribution in [3.8, 4) is 0 Å². The molecule has 2 rings (SSSR count). The molecule has 128 valence electrons. The molecule has 0 spiro atoms. The molecule has 1 fully saturated rings. The van der Waals surface area contributed by atoms with Crippen LogP contribution in [0, 0.1) is 5.92 Å². The van der Waals surface area contributed by atoms with E-state index in [2.05, 4.69) is 36.5 Å². The number of hydrogen-bond donors (Lipinski definition) is 2. The highest BCUT2D eigenvalue weighted by Gasteiger charge is 2.24. The number of anilines is 1. The van der Waals surface area contributed by atoms with Gasteiger partial charge in [0.1, 0.15) is 5.60 Å². The van der Waals surface area contributed by atoms with Crippen LogP contribution in [0.2, 0.25) is 0 Å². The van der Waals surface area contributed by atoms with E-state index in [1.54, 1.807) is 12.4 Å². The fraction of sp³-hybridized carbons (Fsp3) is 0.688. The Hall–Kier alpha value is -1.37. The lowest BCUT2D eigenvalue weighted by atomic mass is 9.86. The summed E-state index contributed by atoms with van der Waals surface area (Å²) in [4.78, 5) is 20.0. The lowest BCUT2D eigenvalue weighted by molar-refractivity contribution is 0.0488. The number of carbonyl (C=O) groups excluding carboxylic acids is 1. The normalized spacial score (nSPS) is 21.6. The molecule has 1 aliphatic carbocycles. The highest BCUT2D eigenvalue weighted by Crippen LogP contribution is 2.25. The molecule has 0 radical (unpaired) electrons. The van der Waals surface area contributed by atoms with Crippen LogP contribution in [-0.4, -0.2) is 34.2 Å². The molecule has 1 aromatic heterocycles. The maximum Gasteiger partial charge on any atom is 0.407 e. The van der Waals surface area contributed by atoms with Gasteiger partial charge in [-0.2, -0.15) is 0 Å². The van der Waals surface area contributed by atoms with Crippen LogP contribution in [0.3, 0.4) is 0 Å². The van der Waals surface area contributed by atoms with Gasteiger partial charge in [0.15, 0.2) is 4.73 Å². The van der Waals surface area contributed by atoms with Crippen molar-refractivity contribution in [2.45, 2.75) is 58.1 Å². The molecule has 7 heteroatoms. The molecule has 23 heavy (non-hydrogen) atoms. The largest absolute Gasteiger partial charge is 0.444 e. The molecular formula is C16H25BrN4O2. The molecular weight excluding hydrogens is 360 g/mol. The number of amides is 1. The minimum Gasteiger partial charge on any atom is -0.444 e. The van der Waals surface area contributed by atoms with Gasteiger partial charge in [-0.25, -0.2) is 14.8 Å². The molecule has 1 aliphatic rings. The van der Waals surface area contributed by atoms with E-state index in [4.69, 9.17) is 4.74 Å². The molecule has 6 nitrogen and oxygen atoms in total. The van der Waals surface area contributed by atoms with E-state index in [1.807, 2.05) is 20.8 Å². The Labute approximate surface area is 145 Å². The van der Waals surface area contributed by atoms with Gasteiger partial charge < -0.3 is 15.4 Å². The van der Waals surface area contributed by atoms with Crippen molar-refractivity contribution in [1.82, 2.24) is 15.3 Å². The molecule has 0 unspecified atom stereocenters. The minimum atomic E-state index is -0.446. The summed E-state index contributed by atoms with van der Waals surface area (Å²) in [5.41, 5.74) is 0.486. The average molecular weight is 385 g/mol. The Bertz CT molecular complexity index is 508. The average Bonchev–Trinajstić information content (AvgIpc) is 2.46. The van der Waals surface area contributed by atoms with Gasteiger partial charge in [0.2, 0.25) is 0 Å². The zero-order chi connectivity index (χ0) is 16.9. The van der Waals surface area contributed by atoms with Gasteiger partial charge >= 0.3 is 6.09 Å². The SMILES string of the molecule is CC(C)(C)OC(=O)NC1CCC(CNc2cnc(Br)nc2)CC1. The Kier molecular flexibility index (Phi) is 6.21. The maximum atomic E-state index is 11.8. The number of alkyl carbamates (subject to hydrolysis) is 1. The zero-order valence-corrected chi connectivity index (χ0v) is 15.5. The van der Waals surface area contributed by atoms with Crippen molar-refractivity contribution in [2.75, 3.05) is 11.9 Å². The summed E-state index contributed by atoms with van der Waals surface area (Å²) in [6.45, 7) is 6.53. The Morgan fingerprint density at radius 3 is 2.43 bits per heavy atom. The molecule has 0 atom stereocenters. The predicted molar refractivity (Wildman–Crippen MR) is 93.3 cm³/mol. The number of hydrogen-bond acceptors (Lipinski definition) is 5. The lowest BCUT2D eigenvalue weighted by Crippen LogP contribution is -2.41. The second kappa shape index (κ2) is 7.95. The summed E-state index contributed by atoms with van der Waals surface area (Å²) in [5, 5.41) is 6.34. The molecule has 1 saturated carbocycles. The first kappa shape index (κ1) is 18.0. The van der Waals surface area contributed by atoms with E-state index in [9.17, 15) is 4.79 Å². The van der Waals surface area contributed by atoms with Crippen molar-refractivity contribution in [3.05, 3.63) is 17.1 Å². The first-order valence-corrected chi connectivity index (χ1v) is 8.82. The van der Waals surface area contributed by atoms with Gasteiger partial charge in [-0.15, -0.1) is 0 Å². The van der Waals surface area contributed by atoms with E-state index in [1.165, 1.54) is 0 Å². The van der Waals surface area contributed by atoms with Crippen LogP contribution in [0.5, 0.6) is 0 Å². The molecule has 1 aromatic rings. The summed E-state index contributed by atoms with van der Waals surface area (Å²) in [5.74, 6) is 0.607. The standard InChI is InChI=1S/C16H25BrN4O2/c1-16(2,3)23-15(22)21-12-6-4-11(5-7-12)8-18-13-9-19-14(17)20-10-13/h9-12,18H,4-8H2,1-3H3,(H,21,22). The lowest BCUT2D eigenvalue weighted by Gasteiger charge is -2.30. The predicted octanol–water partition coefficient (Wildman–Crippen LogP) is 3.73. The second-order valence-electron chi connectivity index (χ2n) is 6.99. The molecule has 0 saturated heterocycles. The number of halogens is 1. The monoisotopic (exact) mass is 384 g/mol. The Morgan fingerprint density at radius 1 is 1.26 bits per heavy atom.